The number of hydrogen-bond donors (Lipinski definition) is 3. The summed E-state index contributed by atoms with van der Waals surface area (Å²) in [7, 11) is 0. The first-order valence-electron chi connectivity index (χ1n) is 7.26. The molecule has 1 fully saturated rings. The molecule has 5 nitrogen and oxygen atoms in total. The van der Waals surface area contributed by atoms with Crippen LogP contribution >= 0.6 is 22.6 Å². The Kier molecular flexibility index (Phi) is 6.72. The number of phenolic OH excluding ortho intramolecular Hbond substituents is 1. The van der Waals surface area contributed by atoms with Crippen molar-refractivity contribution in [1.29, 1.82) is 0 Å². The lowest BCUT2D eigenvalue weighted by atomic mass is 10.1. The Labute approximate surface area is 138 Å². The third-order valence-electron chi connectivity index (χ3n) is 3.45. The van der Waals surface area contributed by atoms with E-state index in [1.807, 2.05) is 0 Å². The number of nitrogens with one attached hydrogen (secondary N) is 2. The number of carbonyl (C=O) groups is 1. The van der Waals surface area contributed by atoms with Gasteiger partial charge >= 0.3 is 0 Å². The van der Waals surface area contributed by atoms with E-state index in [9.17, 15) is 9.90 Å². The zero-order chi connectivity index (χ0) is 15.1. The van der Waals surface area contributed by atoms with Crippen LogP contribution in [0.15, 0.2) is 18.2 Å². The molecule has 1 amide bonds. The van der Waals surface area contributed by atoms with Crippen LogP contribution in [0, 0.1) is 3.57 Å². The maximum atomic E-state index is 12.0. The van der Waals surface area contributed by atoms with Crippen LogP contribution in [-0.2, 0) is 4.74 Å². The quantitative estimate of drug-likeness (QED) is 0.501. The Bertz CT molecular complexity index is 476. The van der Waals surface area contributed by atoms with E-state index in [-0.39, 0.29) is 11.7 Å². The number of carbonyl (C=O) groups excluding carboxylic acids is 1. The van der Waals surface area contributed by atoms with E-state index < -0.39 is 0 Å². The molecule has 1 heterocycles. The van der Waals surface area contributed by atoms with Crippen molar-refractivity contribution in [2.75, 3.05) is 26.2 Å². The van der Waals surface area contributed by atoms with Crippen molar-refractivity contribution >= 4 is 28.5 Å². The number of rotatable bonds is 6. The fourth-order valence-corrected chi connectivity index (χ4v) is 2.76. The Hall–Kier alpha value is -0.860. The summed E-state index contributed by atoms with van der Waals surface area (Å²) in [4.78, 5) is 12.0. The van der Waals surface area contributed by atoms with Crippen LogP contribution in [0.1, 0.15) is 29.6 Å². The van der Waals surface area contributed by atoms with Gasteiger partial charge in [-0.15, -0.1) is 0 Å². The molecule has 3 N–H and O–H groups in total. The fraction of sp³-hybridized carbons (Fsp3) is 0.533. The highest BCUT2D eigenvalue weighted by molar-refractivity contribution is 14.1. The normalized spacial score (nSPS) is 15.9. The molecular formula is C15H21IN2O3. The van der Waals surface area contributed by atoms with Crippen molar-refractivity contribution in [3.63, 3.8) is 0 Å². The second kappa shape index (κ2) is 8.55. The van der Waals surface area contributed by atoms with Gasteiger partial charge in [-0.1, -0.05) is 0 Å². The minimum atomic E-state index is -0.243. The van der Waals surface area contributed by atoms with Gasteiger partial charge in [-0.25, -0.2) is 0 Å². The van der Waals surface area contributed by atoms with Gasteiger partial charge in [-0.3, -0.25) is 4.79 Å². The van der Waals surface area contributed by atoms with Gasteiger partial charge in [0.1, 0.15) is 5.75 Å². The number of aromatic hydroxyl groups is 1. The van der Waals surface area contributed by atoms with Gasteiger partial charge in [-0.2, -0.15) is 0 Å². The van der Waals surface area contributed by atoms with E-state index in [0.717, 1.165) is 35.9 Å². The van der Waals surface area contributed by atoms with Gasteiger partial charge in [0.25, 0.3) is 5.91 Å². The molecule has 0 aliphatic carbocycles. The Balaban J connectivity index is 1.66. The zero-order valence-electron chi connectivity index (χ0n) is 11.9. The number of hydrogen-bond acceptors (Lipinski definition) is 4. The number of phenols is 1. The Morgan fingerprint density at radius 1 is 1.43 bits per heavy atom. The van der Waals surface area contributed by atoms with E-state index in [1.54, 1.807) is 12.1 Å². The van der Waals surface area contributed by atoms with Crippen LogP contribution in [0.2, 0.25) is 0 Å². The molecule has 116 valence electrons. The number of amides is 1. The summed E-state index contributed by atoms with van der Waals surface area (Å²) >= 11 is 2.11. The maximum absolute atomic E-state index is 12.0. The molecule has 0 radical (unpaired) electrons. The maximum Gasteiger partial charge on any atom is 0.255 e. The van der Waals surface area contributed by atoms with E-state index in [0.29, 0.717) is 24.8 Å². The number of ether oxygens (including phenoxy) is 1. The molecular weight excluding hydrogens is 383 g/mol. The van der Waals surface area contributed by atoms with E-state index in [1.165, 1.54) is 6.07 Å². The summed E-state index contributed by atoms with van der Waals surface area (Å²) in [6, 6.07) is 4.98. The minimum Gasteiger partial charge on any atom is -0.507 e. The first kappa shape index (κ1) is 16.5. The third-order valence-corrected chi connectivity index (χ3v) is 4.12. The molecule has 0 atom stereocenters. The van der Waals surface area contributed by atoms with Gasteiger partial charge in [0.05, 0.1) is 11.7 Å². The second-order valence-electron chi connectivity index (χ2n) is 5.09. The van der Waals surface area contributed by atoms with Crippen molar-refractivity contribution in [2.45, 2.75) is 25.4 Å². The molecule has 1 aliphatic heterocycles. The standard InChI is InChI=1S/C15H21IN2O3/c16-11-2-3-14(19)13(10-11)15(20)18-6-1-9-21-12-4-7-17-8-5-12/h2-3,10,12,17,19H,1,4-9H2,(H,18,20). The molecule has 0 spiro atoms. The lowest BCUT2D eigenvalue weighted by Crippen LogP contribution is -2.33. The second-order valence-corrected chi connectivity index (χ2v) is 6.34. The van der Waals surface area contributed by atoms with Crippen LogP contribution in [0.5, 0.6) is 5.75 Å². The molecule has 21 heavy (non-hydrogen) atoms. The van der Waals surface area contributed by atoms with Crippen molar-refractivity contribution in [2.24, 2.45) is 0 Å². The molecule has 1 aliphatic rings. The molecule has 0 unspecified atom stereocenters. The van der Waals surface area contributed by atoms with Crippen molar-refractivity contribution in [3.8, 4) is 5.75 Å². The molecule has 1 aromatic rings. The SMILES string of the molecule is O=C(NCCCOC1CCNCC1)c1cc(I)ccc1O. The summed E-state index contributed by atoms with van der Waals surface area (Å²) < 4.78 is 6.69. The Morgan fingerprint density at radius 2 is 2.19 bits per heavy atom. The monoisotopic (exact) mass is 404 g/mol. The summed E-state index contributed by atoms with van der Waals surface area (Å²) in [5.41, 5.74) is 0.321. The van der Waals surface area contributed by atoms with Crippen LogP contribution in [0.25, 0.3) is 0 Å². The van der Waals surface area contributed by atoms with Crippen LogP contribution in [0.4, 0.5) is 0 Å². The van der Waals surface area contributed by atoms with Gasteiger partial charge in [0, 0.05) is 16.7 Å². The van der Waals surface area contributed by atoms with Crippen LogP contribution in [-0.4, -0.2) is 43.4 Å². The largest absolute Gasteiger partial charge is 0.507 e. The van der Waals surface area contributed by atoms with Crippen LogP contribution in [0.3, 0.4) is 0 Å². The van der Waals surface area contributed by atoms with E-state index >= 15 is 0 Å². The number of halogens is 1. The number of benzene rings is 1. The first-order chi connectivity index (χ1) is 10.2. The summed E-state index contributed by atoms with van der Waals surface area (Å²) in [5, 5.41) is 15.8. The number of piperidine rings is 1. The predicted octanol–water partition coefficient (Wildman–Crippen LogP) is 1.89. The topological polar surface area (TPSA) is 70.6 Å². The molecule has 0 aromatic heterocycles. The first-order valence-corrected chi connectivity index (χ1v) is 8.34. The lowest BCUT2D eigenvalue weighted by Gasteiger charge is -2.22. The fourth-order valence-electron chi connectivity index (χ4n) is 2.27. The molecule has 1 aromatic carbocycles. The van der Waals surface area contributed by atoms with Crippen molar-refractivity contribution in [3.05, 3.63) is 27.3 Å². The predicted molar refractivity (Wildman–Crippen MR) is 89.6 cm³/mol. The highest BCUT2D eigenvalue weighted by Gasteiger charge is 2.13. The molecule has 0 bridgehead atoms. The zero-order valence-corrected chi connectivity index (χ0v) is 14.1. The highest BCUT2D eigenvalue weighted by Crippen LogP contribution is 2.19. The smallest absolute Gasteiger partial charge is 0.255 e. The highest BCUT2D eigenvalue weighted by atomic mass is 127. The van der Waals surface area contributed by atoms with Crippen LogP contribution < -0.4 is 10.6 Å². The van der Waals surface area contributed by atoms with Gasteiger partial charge in [-0.05, 0) is 73.1 Å². The molecule has 6 heteroatoms. The molecule has 1 saturated heterocycles. The third kappa shape index (κ3) is 5.44. The molecule has 2 rings (SSSR count). The van der Waals surface area contributed by atoms with Gasteiger partial charge in [0.2, 0.25) is 0 Å². The average Bonchev–Trinajstić information content (AvgIpc) is 2.50. The molecule has 0 saturated carbocycles. The van der Waals surface area contributed by atoms with E-state index in [4.69, 9.17) is 4.74 Å². The van der Waals surface area contributed by atoms with Gasteiger partial charge < -0.3 is 20.5 Å². The Morgan fingerprint density at radius 3 is 2.95 bits per heavy atom. The lowest BCUT2D eigenvalue weighted by molar-refractivity contribution is 0.0318. The van der Waals surface area contributed by atoms with Gasteiger partial charge in [0.15, 0.2) is 0 Å². The van der Waals surface area contributed by atoms with Crippen molar-refractivity contribution in [1.82, 2.24) is 10.6 Å². The summed E-state index contributed by atoms with van der Waals surface area (Å²) in [6.45, 7) is 3.25. The minimum absolute atomic E-state index is 0.0128. The summed E-state index contributed by atoms with van der Waals surface area (Å²) in [6.07, 6.45) is 3.24. The van der Waals surface area contributed by atoms with Crippen molar-refractivity contribution < 1.29 is 14.6 Å². The van der Waals surface area contributed by atoms with E-state index in [2.05, 4.69) is 33.2 Å². The summed E-state index contributed by atoms with van der Waals surface area (Å²) in [5.74, 6) is -0.230. The average molecular weight is 404 g/mol.